The van der Waals surface area contributed by atoms with Crippen molar-refractivity contribution in [1.82, 2.24) is 0 Å². The first-order chi connectivity index (χ1) is 15.2. The van der Waals surface area contributed by atoms with Crippen LogP contribution < -0.4 is 0 Å². The van der Waals surface area contributed by atoms with E-state index in [4.69, 9.17) is 4.99 Å². The molecule has 2 nitrogen and oxygen atoms in total. The summed E-state index contributed by atoms with van der Waals surface area (Å²) in [6.07, 6.45) is 3.10. The molecule has 0 bridgehead atoms. The first-order valence-electron chi connectivity index (χ1n) is 11.3. The van der Waals surface area contributed by atoms with Crippen LogP contribution in [-0.2, 0) is 5.41 Å². The van der Waals surface area contributed by atoms with Crippen LogP contribution >= 0.6 is 0 Å². The van der Waals surface area contributed by atoms with Gasteiger partial charge in [-0.15, -0.1) is 0 Å². The van der Waals surface area contributed by atoms with Gasteiger partial charge in [0.15, 0.2) is 0 Å². The number of nitrogens with one attached hydrogen (secondary N) is 1. The first kappa shape index (κ1) is 22.0. The van der Waals surface area contributed by atoms with Crippen molar-refractivity contribution >= 4 is 17.1 Å². The van der Waals surface area contributed by atoms with E-state index < -0.39 is 0 Å². The maximum Gasteiger partial charge on any atom is 0.0965 e. The number of aliphatic imine (C=N–C) groups is 1. The number of hydrogen-bond acceptors (Lipinski definition) is 2. The molecule has 0 spiro atoms. The van der Waals surface area contributed by atoms with Gasteiger partial charge in [0.1, 0.15) is 0 Å². The molecule has 0 aliphatic carbocycles. The smallest absolute Gasteiger partial charge is 0.0965 e. The monoisotopic (exact) mass is 420 g/mol. The molecule has 0 atom stereocenters. The van der Waals surface area contributed by atoms with E-state index in [1.54, 1.807) is 0 Å². The summed E-state index contributed by atoms with van der Waals surface area (Å²) in [7, 11) is 0. The fraction of sp³-hybridized carbons (Fsp3) is 0.267. The van der Waals surface area contributed by atoms with E-state index in [2.05, 4.69) is 90.1 Å². The Bertz CT molecular complexity index is 1240. The fourth-order valence-corrected chi connectivity index (χ4v) is 4.98. The molecule has 32 heavy (non-hydrogen) atoms. The highest BCUT2D eigenvalue weighted by Gasteiger charge is 2.30. The highest BCUT2D eigenvalue weighted by Crippen LogP contribution is 2.37. The Hall–Kier alpha value is -3.26. The number of fused-ring (bicyclic) bond motifs is 1. The molecule has 1 aliphatic heterocycles. The zero-order chi connectivity index (χ0) is 23.0. The van der Waals surface area contributed by atoms with E-state index in [0.29, 0.717) is 5.71 Å². The van der Waals surface area contributed by atoms with E-state index in [1.165, 1.54) is 27.8 Å². The number of benzene rings is 3. The molecule has 1 heterocycles. The van der Waals surface area contributed by atoms with Crippen molar-refractivity contribution in [3.8, 4) is 0 Å². The van der Waals surface area contributed by atoms with Crippen LogP contribution in [0.5, 0.6) is 0 Å². The lowest BCUT2D eigenvalue weighted by atomic mass is 9.74. The minimum atomic E-state index is -0.118. The van der Waals surface area contributed by atoms with Crippen molar-refractivity contribution in [2.24, 2.45) is 4.99 Å². The Morgan fingerprint density at radius 1 is 0.781 bits per heavy atom. The van der Waals surface area contributed by atoms with E-state index >= 15 is 0 Å². The summed E-state index contributed by atoms with van der Waals surface area (Å²) in [4.78, 5) is 5.18. The maximum absolute atomic E-state index is 9.41. The van der Waals surface area contributed by atoms with Gasteiger partial charge >= 0.3 is 0 Å². The van der Waals surface area contributed by atoms with Crippen LogP contribution in [0.1, 0.15) is 64.8 Å². The van der Waals surface area contributed by atoms with Crippen LogP contribution in [0.25, 0.3) is 5.70 Å². The van der Waals surface area contributed by atoms with Gasteiger partial charge in [-0.1, -0.05) is 79.1 Å². The summed E-state index contributed by atoms with van der Waals surface area (Å²) in [6.45, 7) is 13.1. The summed E-state index contributed by atoms with van der Waals surface area (Å²) in [5.74, 6) is 0. The Morgan fingerprint density at radius 3 is 2.06 bits per heavy atom. The predicted molar refractivity (Wildman–Crippen MR) is 137 cm³/mol. The van der Waals surface area contributed by atoms with Gasteiger partial charge in [-0.3, -0.25) is 5.41 Å². The molecule has 0 amide bonds. The highest BCUT2D eigenvalue weighted by molar-refractivity contribution is 6.53. The van der Waals surface area contributed by atoms with Crippen LogP contribution in [0.3, 0.4) is 0 Å². The van der Waals surface area contributed by atoms with Crippen molar-refractivity contribution in [1.29, 1.82) is 5.41 Å². The van der Waals surface area contributed by atoms with Crippen molar-refractivity contribution in [3.63, 3.8) is 0 Å². The molecule has 3 aromatic carbocycles. The molecule has 0 fully saturated rings. The Kier molecular flexibility index (Phi) is 5.73. The van der Waals surface area contributed by atoms with Gasteiger partial charge in [-0.05, 0) is 74.4 Å². The first-order valence-corrected chi connectivity index (χ1v) is 11.3. The molecule has 0 saturated carbocycles. The second-order valence-electron chi connectivity index (χ2n) is 9.76. The van der Waals surface area contributed by atoms with Gasteiger partial charge in [-0.25, -0.2) is 4.99 Å². The SMILES string of the molecule is Cc1cc(C)cc(/C2=N/C(c3ccccc3)=C\CC(C)(C)c3c(C)cc(C)cc3C2=N)c1. The lowest BCUT2D eigenvalue weighted by Gasteiger charge is -2.29. The Labute approximate surface area is 192 Å². The maximum atomic E-state index is 9.41. The third-order valence-corrected chi connectivity index (χ3v) is 6.27. The normalized spacial score (nSPS) is 19.0. The highest BCUT2D eigenvalue weighted by atomic mass is 14.8. The lowest BCUT2D eigenvalue weighted by Crippen LogP contribution is -2.25. The van der Waals surface area contributed by atoms with Gasteiger partial charge in [0.25, 0.3) is 0 Å². The standard InChI is InChI=1S/C30H32N2/c1-19-14-20(2)17-24(16-19)29-28(31)25-18-21(3)15-22(4)27(25)30(5,6)13-12-26(32-29)23-10-8-7-9-11-23/h7-12,14-18,31H,13H2,1-6H3/b26-12-,31-28?,32-29-. The molecule has 2 heteroatoms. The van der Waals surface area contributed by atoms with Crippen LogP contribution in [0, 0.1) is 33.1 Å². The molecule has 0 saturated heterocycles. The summed E-state index contributed by atoms with van der Waals surface area (Å²) >= 11 is 0. The number of hydrogen-bond donors (Lipinski definition) is 1. The minimum absolute atomic E-state index is 0.118. The second kappa shape index (κ2) is 8.35. The number of allylic oxidation sites excluding steroid dienone is 1. The van der Waals surface area contributed by atoms with E-state index in [1.807, 2.05) is 18.2 Å². The van der Waals surface area contributed by atoms with Crippen LogP contribution in [-0.4, -0.2) is 11.4 Å². The van der Waals surface area contributed by atoms with Gasteiger partial charge in [0, 0.05) is 11.1 Å². The average Bonchev–Trinajstić information content (AvgIpc) is 2.76. The van der Waals surface area contributed by atoms with Gasteiger partial charge in [0.05, 0.1) is 17.1 Å². The predicted octanol–water partition coefficient (Wildman–Crippen LogP) is 7.50. The quantitative estimate of drug-likeness (QED) is 0.445. The zero-order valence-electron chi connectivity index (χ0n) is 20.0. The van der Waals surface area contributed by atoms with Gasteiger partial charge in [0.2, 0.25) is 0 Å². The molecule has 4 rings (SSSR count). The molecule has 0 radical (unpaired) electrons. The third kappa shape index (κ3) is 4.23. The van der Waals surface area contributed by atoms with Crippen LogP contribution in [0.2, 0.25) is 0 Å². The molecule has 162 valence electrons. The Balaban J connectivity index is 2.05. The fourth-order valence-electron chi connectivity index (χ4n) is 4.98. The van der Waals surface area contributed by atoms with Gasteiger partial charge in [-0.2, -0.15) is 0 Å². The molecule has 1 aliphatic rings. The number of aryl methyl sites for hydroxylation is 4. The molecular formula is C30H32N2. The van der Waals surface area contributed by atoms with E-state index in [-0.39, 0.29) is 5.41 Å². The van der Waals surface area contributed by atoms with E-state index in [0.717, 1.165) is 34.5 Å². The van der Waals surface area contributed by atoms with E-state index in [9.17, 15) is 5.41 Å². The zero-order valence-corrected chi connectivity index (χ0v) is 20.0. The number of rotatable bonds is 2. The Morgan fingerprint density at radius 2 is 1.41 bits per heavy atom. The van der Waals surface area contributed by atoms with Crippen molar-refractivity contribution in [2.45, 2.75) is 53.4 Å². The topological polar surface area (TPSA) is 36.2 Å². The molecule has 0 unspecified atom stereocenters. The van der Waals surface area contributed by atoms with Crippen LogP contribution in [0.15, 0.2) is 71.7 Å². The van der Waals surface area contributed by atoms with Crippen LogP contribution in [0.4, 0.5) is 0 Å². The molecule has 1 N–H and O–H groups in total. The van der Waals surface area contributed by atoms with Crippen molar-refractivity contribution in [3.05, 3.63) is 111 Å². The lowest BCUT2D eigenvalue weighted by molar-refractivity contribution is 0.530. The minimum Gasteiger partial charge on any atom is -0.298 e. The van der Waals surface area contributed by atoms with Crippen molar-refractivity contribution < 1.29 is 0 Å². The molecule has 3 aromatic rings. The second-order valence-corrected chi connectivity index (χ2v) is 9.76. The third-order valence-electron chi connectivity index (χ3n) is 6.27. The van der Waals surface area contributed by atoms with Gasteiger partial charge < -0.3 is 0 Å². The average molecular weight is 421 g/mol. The summed E-state index contributed by atoms with van der Waals surface area (Å²) in [5, 5.41) is 9.41. The van der Waals surface area contributed by atoms with Crippen molar-refractivity contribution in [2.75, 3.05) is 0 Å². The summed E-state index contributed by atoms with van der Waals surface area (Å²) in [6, 6.07) is 21.2. The summed E-state index contributed by atoms with van der Waals surface area (Å²) < 4.78 is 0. The molecule has 0 aromatic heterocycles. The largest absolute Gasteiger partial charge is 0.298 e. The summed E-state index contributed by atoms with van der Waals surface area (Å²) in [5.41, 5.74) is 11.1. The molecular weight excluding hydrogens is 388 g/mol. The number of nitrogens with zero attached hydrogens (tertiary/aromatic N) is 1.